The van der Waals surface area contributed by atoms with Crippen LogP contribution >= 0.6 is 15.9 Å². The second kappa shape index (κ2) is 8.26. The van der Waals surface area contributed by atoms with Crippen molar-refractivity contribution in [1.29, 1.82) is 5.26 Å². The van der Waals surface area contributed by atoms with Gasteiger partial charge in [-0.2, -0.15) is 5.26 Å². The molecule has 1 atom stereocenters. The molecule has 2 saturated heterocycles. The molecule has 0 saturated carbocycles. The number of likely N-dealkylation sites (tertiary alicyclic amines) is 1. The summed E-state index contributed by atoms with van der Waals surface area (Å²) >= 11 is 3.46. The summed E-state index contributed by atoms with van der Waals surface area (Å²) in [6, 6.07) is 14.6. The van der Waals surface area contributed by atoms with Gasteiger partial charge in [0.2, 0.25) is 0 Å². The first-order valence-corrected chi connectivity index (χ1v) is 10.5. The zero-order valence-corrected chi connectivity index (χ0v) is 17.9. The lowest BCUT2D eigenvalue weighted by atomic mass is 9.72. The van der Waals surface area contributed by atoms with Crippen molar-refractivity contribution in [2.24, 2.45) is 5.41 Å². The summed E-state index contributed by atoms with van der Waals surface area (Å²) in [6.45, 7) is 4.41. The highest BCUT2D eigenvalue weighted by atomic mass is 79.9. The van der Waals surface area contributed by atoms with E-state index in [4.69, 9.17) is 4.74 Å². The zero-order valence-electron chi connectivity index (χ0n) is 16.3. The Balaban J connectivity index is 1.23. The molecular weight excluding hydrogens is 450 g/mol. The average Bonchev–Trinajstić information content (AvgIpc) is 2.67. The van der Waals surface area contributed by atoms with Gasteiger partial charge in [0.25, 0.3) is 0 Å². The summed E-state index contributed by atoms with van der Waals surface area (Å²) in [4.78, 5) is 15.8. The molecule has 1 spiro atoms. The first-order chi connectivity index (χ1) is 14.4. The third-order valence-electron chi connectivity index (χ3n) is 5.63. The second-order valence-corrected chi connectivity index (χ2v) is 8.98. The molecule has 30 heavy (non-hydrogen) atoms. The molecule has 156 valence electrons. The lowest BCUT2D eigenvalue weighted by molar-refractivity contribution is -0.0507. The molecule has 2 aliphatic heterocycles. The van der Waals surface area contributed by atoms with E-state index in [0.29, 0.717) is 12.0 Å². The maximum absolute atomic E-state index is 11.2. The number of carboxylic acids is 1. The van der Waals surface area contributed by atoms with Gasteiger partial charge in [0.05, 0.1) is 5.56 Å². The van der Waals surface area contributed by atoms with Crippen LogP contribution in [0.1, 0.15) is 15.9 Å². The predicted molar refractivity (Wildman–Crippen MR) is 115 cm³/mol. The van der Waals surface area contributed by atoms with Crippen molar-refractivity contribution in [3.05, 3.63) is 58.1 Å². The van der Waals surface area contributed by atoms with E-state index >= 15 is 0 Å². The fourth-order valence-corrected chi connectivity index (χ4v) is 4.58. The highest BCUT2D eigenvalue weighted by Gasteiger charge is 2.51. The van der Waals surface area contributed by atoms with Crippen LogP contribution in [0, 0.1) is 16.7 Å². The number of nitrogens with zero attached hydrogens (tertiary/aromatic N) is 3. The minimum atomic E-state index is -1.18. The molecule has 2 aromatic carbocycles. The van der Waals surface area contributed by atoms with Crippen LogP contribution in [0.4, 0.5) is 5.69 Å². The van der Waals surface area contributed by atoms with E-state index in [0.717, 1.165) is 30.7 Å². The number of hydrogen-bond acceptors (Lipinski definition) is 6. The predicted octanol–water partition coefficient (Wildman–Crippen LogP) is 2.58. The number of ether oxygens (including phenoxy) is 1. The van der Waals surface area contributed by atoms with Gasteiger partial charge >= 0.3 is 5.97 Å². The summed E-state index contributed by atoms with van der Waals surface area (Å²) in [7, 11) is 0. The smallest absolute Gasteiger partial charge is 0.337 e. The molecule has 8 heteroatoms. The largest absolute Gasteiger partial charge is 0.489 e. The number of aromatic carboxylic acids is 1. The molecule has 0 radical (unpaired) electrons. The fourth-order valence-electron chi connectivity index (χ4n) is 4.31. The molecule has 2 fully saturated rings. The van der Waals surface area contributed by atoms with Gasteiger partial charge in [-0.3, -0.25) is 4.90 Å². The van der Waals surface area contributed by atoms with Crippen LogP contribution in [0.15, 0.2) is 46.9 Å². The number of anilines is 1. The molecule has 0 bridgehead atoms. The Labute approximate surface area is 183 Å². The number of rotatable bonds is 7. The Morgan fingerprint density at radius 1 is 1.20 bits per heavy atom. The second-order valence-electron chi connectivity index (χ2n) is 8.06. The van der Waals surface area contributed by atoms with E-state index in [1.54, 1.807) is 6.07 Å². The van der Waals surface area contributed by atoms with Crippen molar-refractivity contribution >= 4 is 27.6 Å². The SMILES string of the molecule is N#Cc1c(OC[C@H](O)CN2CC3(C2)CN(c2ccc(Br)cc2)C3)cccc1C(=O)O. The van der Waals surface area contributed by atoms with Crippen molar-refractivity contribution < 1.29 is 19.7 Å². The van der Waals surface area contributed by atoms with E-state index in [2.05, 4.69) is 37.9 Å². The molecule has 0 aromatic heterocycles. The Bertz CT molecular complexity index is 975. The molecule has 7 nitrogen and oxygen atoms in total. The highest BCUT2D eigenvalue weighted by Crippen LogP contribution is 2.42. The first kappa shape index (κ1) is 20.7. The Morgan fingerprint density at radius 3 is 2.53 bits per heavy atom. The van der Waals surface area contributed by atoms with Crippen LogP contribution in [0.2, 0.25) is 0 Å². The maximum atomic E-state index is 11.2. The number of aliphatic hydroxyl groups is 1. The number of halogens is 1. The van der Waals surface area contributed by atoms with Crippen LogP contribution < -0.4 is 9.64 Å². The van der Waals surface area contributed by atoms with Gasteiger partial charge in [0, 0.05) is 48.3 Å². The van der Waals surface area contributed by atoms with Gasteiger partial charge in [-0.15, -0.1) is 0 Å². The Morgan fingerprint density at radius 2 is 1.90 bits per heavy atom. The highest BCUT2D eigenvalue weighted by molar-refractivity contribution is 9.10. The molecule has 2 aromatic rings. The molecular formula is C22H22BrN3O4. The van der Waals surface area contributed by atoms with Crippen LogP contribution in [-0.4, -0.2) is 66.5 Å². The van der Waals surface area contributed by atoms with E-state index in [-0.39, 0.29) is 23.5 Å². The molecule has 0 unspecified atom stereocenters. The molecule has 2 aliphatic rings. The zero-order chi connectivity index (χ0) is 21.3. The van der Waals surface area contributed by atoms with Gasteiger partial charge in [-0.25, -0.2) is 4.79 Å². The summed E-state index contributed by atoms with van der Waals surface area (Å²) in [6.07, 6.45) is -0.718. The number of carboxylic acid groups (broad SMARTS) is 1. The summed E-state index contributed by atoms with van der Waals surface area (Å²) < 4.78 is 6.63. The van der Waals surface area contributed by atoms with Gasteiger partial charge < -0.3 is 19.8 Å². The third kappa shape index (κ3) is 4.15. The quantitative estimate of drug-likeness (QED) is 0.640. The van der Waals surface area contributed by atoms with Crippen molar-refractivity contribution in [3.63, 3.8) is 0 Å². The lowest BCUT2D eigenvalue weighted by Gasteiger charge is -2.61. The third-order valence-corrected chi connectivity index (χ3v) is 6.16. The molecule has 2 N–H and O–H groups in total. The number of hydrogen-bond donors (Lipinski definition) is 2. The number of aliphatic hydroxyl groups excluding tert-OH is 1. The Kier molecular flexibility index (Phi) is 5.69. The van der Waals surface area contributed by atoms with Crippen LogP contribution in [0.5, 0.6) is 5.75 Å². The number of carbonyl (C=O) groups is 1. The normalized spacial score (nSPS) is 18.2. The van der Waals surface area contributed by atoms with E-state index in [1.165, 1.54) is 17.8 Å². The fraction of sp³-hybridized carbons (Fsp3) is 0.364. The Hall–Kier alpha value is -2.60. The van der Waals surface area contributed by atoms with Gasteiger partial charge in [0.15, 0.2) is 0 Å². The standard InChI is InChI=1S/C22H22BrN3O4/c23-15-4-6-16(7-5-15)26-13-22(14-26)11-25(12-22)9-17(27)10-30-20-3-1-2-18(21(28)29)19(20)8-24/h1-7,17,27H,9-14H2,(H,28,29)/t17-/m1/s1. The number of nitriles is 1. The van der Waals surface area contributed by atoms with E-state index in [9.17, 15) is 20.3 Å². The summed E-state index contributed by atoms with van der Waals surface area (Å²) in [5.41, 5.74) is 1.40. The molecule has 0 amide bonds. The summed E-state index contributed by atoms with van der Waals surface area (Å²) in [5, 5.41) is 28.7. The molecule has 0 aliphatic carbocycles. The average molecular weight is 472 g/mol. The molecule has 2 heterocycles. The number of benzene rings is 2. The minimum Gasteiger partial charge on any atom is -0.489 e. The van der Waals surface area contributed by atoms with Crippen LogP contribution in [0.3, 0.4) is 0 Å². The van der Waals surface area contributed by atoms with Crippen LogP contribution in [0.25, 0.3) is 0 Å². The lowest BCUT2D eigenvalue weighted by Crippen LogP contribution is -2.72. The van der Waals surface area contributed by atoms with Crippen molar-refractivity contribution in [1.82, 2.24) is 4.90 Å². The van der Waals surface area contributed by atoms with Crippen LogP contribution in [-0.2, 0) is 0 Å². The van der Waals surface area contributed by atoms with Gasteiger partial charge in [-0.05, 0) is 36.4 Å². The maximum Gasteiger partial charge on any atom is 0.337 e. The first-order valence-electron chi connectivity index (χ1n) is 9.69. The van der Waals surface area contributed by atoms with E-state index in [1.807, 2.05) is 18.2 Å². The summed E-state index contributed by atoms with van der Waals surface area (Å²) in [5.74, 6) is -0.998. The molecule has 4 rings (SSSR count). The van der Waals surface area contributed by atoms with Crippen molar-refractivity contribution in [3.8, 4) is 11.8 Å². The topological polar surface area (TPSA) is 97.0 Å². The van der Waals surface area contributed by atoms with Gasteiger partial charge in [0.1, 0.15) is 30.1 Å². The van der Waals surface area contributed by atoms with Gasteiger partial charge in [-0.1, -0.05) is 22.0 Å². The van der Waals surface area contributed by atoms with Crippen molar-refractivity contribution in [2.45, 2.75) is 6.10 Å². The number of β-amino-alcohol motifs (C(OH)–C–C–N with tert-alkyl or cyclic N) is 1. The van der Waals surface area contributed by atoms with Crippen molar-refractivity contribution in [2.75, 3.05) is 44.2 Å². The minimum absolute atomic E-state index is 0.00622. The monoisotopic (exact) mass is 471 g/mol. The van der Waals surface area contributed by atoms with E-state index < -0.39 is 12.1 Å².